The predicted molar refractivity (Wildman–Crippen MR) is 71.4 cm³/mol. The minimum atomic E-state index is 1.000. The average Bonchev–Trinajstić information content (AvgIpc) is 2.74. The third-order valence-corrected chi connectivity index (χ3v) is 4.28. The maximum Gasteiger partial charge on any atom is 0.292 e. The summed E-state index contributed by atoms with van der Waals surface area (Å²) in [4.78, 5) is 2.54. The van der Waals surface area contributed by atoms with E-state index in [0.29, 0.717) is 0 Å². The van der Waals surface area contributed by atoms with Gasteiger partial charge in [-0.3, -0.25) is 0 Å². The highest BCUT2D eigenvalue weighted by atomic mass is 15.3. The van der Waals surface area contributed by atoms with Crippen molar-refractivity contribution in [2.24, 2.45) is 7.05 Å². The molecule has 1 aromatic carbocycles. The number of anilines is 1. The van der Waals surface area contributed by atoms with E-state index in [1.54, 1.807) is 0 Å². The van der Waals surface area contributed by atoms with Crippen molar-refractivity contribution in [3.63, 3.8) is 0 Å². The summed E-state index contributed by atoms with van der Waals surface area (Å²) in [6.07, 6.45) is 6.85. The van der Waals surface area contributed by atoms with E-state index >= 15 is 0 Å². The van der Waals surface area contributed by atoms with Crippen molar-refractivity contribution in [1.29, 1.82) is 0 Å². The van der Waals surface area contributed by atoms with Crippen LogP contribution in [0.5, 0.6) is 0 Å². The van der Waals surface area contributed by atoms with Gasteiger partial charge in [0.25, 0.3) is 5.82 Å². The monoisotopic (exact) mass is 240 g/mol. The zero-order valence-corrected chi connectivity index (χ0v) is 11.0. The van der Waals surface area contributed by atoms with E-state index in [-0.39, 0.29) is 0 Å². The first kappa shape index (κ1) is 10.2. The second-order valence-electron chi connectivity index (χ2n) is 5.48. The van der Waals surface area contributed by atoms with Crippen molar-refractivity contribution in [3.05, 3.63) is 35.7 Å². The van der Waals surface area contributed by atoms with Crippen molar-refractivity contribution in [1.82, 2.24) is 4.57 Å². The second-order valence-corrected chi connectivity index (χ2v) is 5.48. The van der Waals surface area contributed by atoms with Crippen molar-refractivity contribution < 1.29 is 4.57 Å². The van der Waals surface area contributed by atoms with Crippen molar-refractivity contribution in [3.8, 4) is 11.4 Å². The van der Waals surface area contributed by atoms with Gasteiger partial charge in [0.1, 0.15) is 12.4 Å². The zero-order valence-electron chi connectivity index (χ0n) is 11.0. The molecule has 0 aliphatic carbocycles. The van der Waals surface area contributed by atoms with E-state index < -0.39 is 0 Å². The summed E-state index contributed by atoms with van der Waals surface area (Å²) < 4.78 is 4.61. The molecule has 0 N–H and O–H groups in total. The van der Waals surface area contributed by atoms with Crippen LogP contribution in [-0.4, -0.2) is 11.1 Å². The van der Waals surface area contributed by atoms with Gasteiger partial charge in [-0.05, 0) is 30.9 Å². The number of imidazole rings is 1. The first-order valence-electron chi connectivity index (χ1n) is 6.68. The number of hydrogen-bond acceptors (Lipinski definition) is 1. The summed E-state index contributed by atoms with van der Waals surface area (Å²) in [6.45, 7) is 4.41. The van der Waals surface area contributed by atoms with Crippen molar-refractivity contribution >= 4 is 5.69 Å². The maximum atomic E-state index is 2.54. The number of aromatic nitrogens is 2. The van der Waals surface area contributed by atoms with Gasteiger partial charge in [-0.1, -0.05) is 12.1 Å². The van der Waals surface area contributed by atoms with Gasteiger partial charge in [-0.15, -0.1) is 0 Å². The highest BCUT2D eigenvalue weighted by Crippen LogP contribution is 2.41. The molecule has 92 valence electrons. The Morgan fingerprint density at radius 2 is 2.17 bits per heavy atom. The first-order valence-corrected chi connectivity index (χ1v) is 6.68. The molecule has 3 heterocycles. The Bertz CT molecular complexity index is 639. The fourth-order valence-corrected chi connectivity index (χ4v) is 3.44. The lowest BCUT2D eigenvalue weighted by atomic mass is 9.93. The highest BCUT2D eigenvalue weighted by Gasteiger charge is 2.34. The zero-order chi connectivity index (χ0) is 12.3. The van der Waals surface area contributed by atoms with Crippen LogP contribution in [0.15, 0.2) is 24.5 Å². The van der Waals surface area contributed by atoms with E-state index in [2.05, 4.69) is 52.5 Å². The molecule has 0 atom stereocenters. The van der Waals surface area contributed by atoms with Gasteiger partial charge in [-0.25, -0.2) is 9.13 Å². The minimum Gasteiger partial charge on any atom is -0.334 e. The van der Waals surface area contributed by atoms with Gasteiger partial charge >= 0.3 is 0 Å². The number of aryl methyl sites for hydroxylation is 3. The molecule has 0 saturated heterocycles. The maximum absolute atomic E-state index is 2.54. The molecule has 0 fully saturated rings. The number of fused-ring (bicyclic) bond motifs is 2. The Hall–Kier alpha value is -1.77. The molecular weight excluding hydrogens is 222 g/mol. The fraction of sp³-hybridized carbons (Fsp3) is 0.400. The molecule has 18 heavy (non-hydrogen) atoms. The molecule has 1 aromatic heterocycles. The minimum absolute atomic E-state index is 1.000. The van der Waals surface area contributed by atoms with Gasteiger partial charge < -0.3 is 4.90 Å². The lowest BCUT2D eigenvalue weighted by molar-refractivity contribution is -0.659. The van der Waals surface area contributed by atoms with Crippen LogP contribution in [0, 0.1) is 6.92 Å². The summed E-state index contributed by atoms with van der Waals surface area (Å²) in [5.41, 5.74) is 5.83. The average molecular weight is 240 g/mol. The molecule has 2 aromatic rings. The summed E-state index contributed by atoms with van der Waals surface area (Å²) in [6, 6.07) is 4.60. The number of hydrogen-bond donors (Lipinski definition) is 0. The van der Waals surface area contributed by atoms with Gasteiger partial charge in [0.2, 0.25) is 0 Å². The quantitative estimate of drug-likeness (QED) is 0.642. The summed E-state index contributed by atoms with van der Waals surface area (Å²) in [7, 11) is 2.14. The number of nitrogens with zero attached hydrogens (tertiary/aromatic N) is 3. The molecule has 0 bridgehead atoms. The van der Waals surface area contributed by atoms with Crippen LogP contribution >= 0.6 is 0 Å². The Morgan fingerprint density at radius 3 is 3.06 bits per heavy atom. The third-order valence-electron chi connectivity index (χ3n) is 4.28. The van der Waals surface area contributed by atoms with E-state index in [1.807, 2.05) is 0 Å². The van der Waals surface area contributed by atoms with Crippen LogP contribution in [0.25, 0.3) is 11.4 Å². The molecule has 0 amide bonds. The van der Waals surface area contributed by atoms with Crippen LogP contribution in [-0.2, 0) is 20.1 Å². The molecule has 0 saturated carbocycles. The largest absolute Gasteiger partial charge is 0.334 e. The standard InChI is InChI=1S/C15H18N3/c1-11-5-6-12-4-3-7-17-10-18-9-8-16(2)15(18)13(11)14(12)17/h5-6,8-9H,3-4,7,10H2,1-2H3/q+1. The molecule has 3 heteroatoms. The fourth-order valence-electron chi connectivity index (χ4n) is 3.44. The van der Waals surface area contributed by atoms with Gasteiger partial charge in [0.15, 0.2) is 6.67 Å². The van der Waals surface area contributed by atoms with Crippen LogP contribution in [0.2, 0.25) is 0 Å². The molecule has 3 nitrogen and oxygen atoms in total. The lowest BCUT2D eigenvalue weighted by Gasteiger charge is -2.35. The normalized spacial score (nSPS) is 16.4. The van der Waals surface area contributed by atoms with Crippen molar-refractivity contribution in [2.45, 2.75) is 26.4 Å². The van der Waals surface area contributed by atoms with Gasteiger partial charge in [-0.2, -0.15) is 0 Å². The molecule has 2 aliphatic heterocycles. The Labute approximate surface area is 107 Å². The van der Waals surface area contributed by atoms with Crippen LogP contribution in [0.4, 0.5) is 5.69 Å². The molecule has 2 aliphatic rings. The van der Waals surface area contributed by atoms with Crippen LogP contribution < -0.4 is 9.47 Å². The lowest BCUT2D eigenvalue weighted by Crippen LogP contribution is -2.39. The third kappa shape index (κ3) is 1.17. The topological polar surface area (TPSA) is 12.0 Å². The smallest absolute Gasteiger partial charge is 0.292 e. The molecule has 0 radical (unpaired) electrons. The summed E-state index contributed by atoms with van der Waals surface area (Å²) in [5.74, 6) is 1.35. The summed E-state index contributed by atoms with van der Waals surface area (Å²) in [5, 5.41) is 0. The van der Waals surface area contributed by atoms with Crippen LogP contribution in [0.3, 0.4) is 0 Å². The number of rotatable bonds is 0. The van der Waals surface area contributed by atoms with E-state index in [1.165, 1.54) is 47.6 Å². The molecule has 0 spiro atoms. The van der Waals surface area contributed by atoms with E-state index in [4.69, 9.17) is 0 Å². The van der Waals surface area contributed by atoms with Gasteiger partial charge in [0, 0.05) is 6.54 Å². The Kier molecular flexibility index (Phi) is 1.91. The Balaban J connectivity index is 2.10. The Morgan fingerprint density at radius 1 is 1.28 bits per heavy atom. The molecular formula is C15H18N3+. The SMILES string of the molecule is Cc1ccc2c3c1-c1n(cc[n+]1C)CN3CCC2. The molecule has 0 unspecified atom stereocenters. The van der Waals surface area contributed by atoms with Gasteiger partial charge in [0.05, 0.1) is 18.3 Å². The van der Waals surface area contributed by atoms with Crippen molar-refractivity contribution in [2.75, 3.05) is 11.4 Å². The van der Waals surface area contributed by atoms with Crippen LogP contribution in [0.1, 0.15) is 17.5 Å². The second kappa shape index (κ2) is 3.37. The van der Waals surface area contributed by atoms with E-state index in [9.17, 15) is 0 Å². The van der Waals surface area contributed by atoms with E-state index in [0.717, 1.165) is 6.67 Å². The first-order chi connectivity index (χ1) is 8.75. The number of benzene rings is 1. The molecule has 4 rings (SSSR count). The highest BCUT2D eigenvalue weighted by molar-refractivity contribution is 5.81. The summed E-state index contributed by atoms with van der Waals surface area (Å²) >= 11 is 0. The predicted octanol–water partition coefficient (Wildman–Crippen LogP) is 2.01.